The summed E-state index contributed by atoms with van der Waals surface area (Å²) in [6.45, 7) is 4.47. The Balaban J connectivity index is 1.25. The van der Waals surface area contributed by atoms with Gasteiger partial charge in [0, 0.05) is 23.8 Å². The number of hydrogen-bond donors (Lipinski definition) is 0. The van der Waals surface area contributed by atoms with Gasteiger partial charge in [-0.3, -0.25) is 4.79 Å². The first-order chi connectivity index (χ1) is 24.5. The van der Waals surface area contributed by atoms with Gasteiger partial charge in [0.2, 0.25) is 0 Å². The van der Waals surface area contributed by atoms with Crippen molar-refractivity contribution in [3.8, 4) is 65.3 Å². The summed E-state index contributed by atoms with van der Waals surface area (Å²) in [5.74, 6) is 14.7. The molecule has 0 amide bonds. The quantitative estimate of drug-likeness (QED) is 0.0493. The van der Waals surface area contributed by atoms with Gasteiger partial charge in [0.1, 0.15) is 29.5 Å². The van der Waals surface area contributed by atoms with Crippen LogP contribution in [0.3, 0.4) is 0 Å². The summed E-state index contributed by atoms with van der Waals surface area (Å²) in [5, 5.41) is 0. The predicted molar refractivity (Wildman–Crippen MR) is 191 cm³/mol. The molecule has 8 nitrogen and oxygen atoms in total. The number of carbonyl (C=O) groups is 3. The van der Waals surface area contributed by atoms with E-state index in [9.17, 15) is 14.4 Å². The number of unbranched alkanes of at least 4 members (excludes halogenated alkanes) is 8. The number of rotatable bonds is 19. The van der Waals surface area contributed by atoms with Crippen molar-refractivity contribution in [2.75, 3.05) is 13.2 Å². The molecule has 50 heavy (non-hydrogen) atoms. The zero-order valence-electron chi connectivity index (χ0n) is 28.5. The lowest BCUT2D eigenvalue weighted by atomic mass is 9.87. The largest absolute Gasteiger partial charge is 0.494 e. The molecular formula is C42H44O8. The van der Waals surface area contributed by atoms with Crippen LogP contribution in [0.25, 0.3) is 0 Å². The summed E-state index contributed by atoms with van der Waals surface area (Å²) < 4.78 is 27.4. The van der Waals surface area contributed by atoms with Crippen molar-refractivity contribution in [3.05, 3.63) is 66.7 Å². The van der Waals surface area contributed by atoms with Gasteiger partial charge in [-0.15, -0.1) is 6.42 Å². The molecule has 3 rings (SSSR count). The first kappa shape index (κ1) is 38.9. The van der Waals surface area contributed by atoms with Crippen LogP contribution in [-0.4, -0.2) is 37.2 Å². The van der Waals surface area contributed by atoms with Crippen molar-refractivity contribution < 1.29 is 38.1 Å². The molecule has 0 unspecified atom stereocenters. The summed E-state index contributed by atoms with van der Waals surface area (Å²) in [6, 6.07) is 13.3. The first-order valence-corrected chi connectivity index (χ1v) is 17.2. The molecule has 0 saturated heterocycles. The van der Waals surface area contributed by atoms with Gasteiger partial charge in [-0.2, -0.15) is 0 Å². The molecule has 1 aliphatic rings. The van der Waals surface area contributed by atoms with E-state index in [2.05, 4.69) is 48.2 Å². The van der Waals surface area contributed by atoms with E-state index in [0.29, 0.717) is 61.7 Å². The lowest BCUT2D eigenvalue weighted by Gasteiger charge is -2.25. The van der Waals surface area contributed by atoms with E-state index in [-0.39, 0.29) is 24.0 Å². The first-order valence-electron chi connectivity index (χ1n) is 17.2. The SMILES string of the molecule is C#CC#CC#CC#COC1CCC(C(=O)Oc2ccc(OC(=O)c3ccc(OCCCCCCCCCCCOC(=O)C=C)cc3)cc2)CC1. The predicted octanol–water partition coefficient (Wildman–Crippen LogP) is 7.61. The minimum Gasteiger partial charge on any atom is -0.494 e. The second kappa shape index (κ2) is 23.7. The summed E-state index contributed by atoms with van der Waals surface area (Å²) in [7, 11) is 0. The smallest absolute Gasteiger partial charge is 0.343 e. The summed E-state index contributed by atoms with van der Waals surface area (Å²) >= 11 is 0. The van der Waals surface area contributed by atoms with E-state index in [0.717, 1.165) is 32.1 Å². The average molecular weight is 677 g/mol. The fourth-order valence-electron chi connectivity index (χ4n) is 5.18. The third-order valence-corrected chi connectivity index (χ3v) is 7.92. The molecule has 0 N–H and O–H groups in total. The Labute approximate surface area is 296 Å². The standard InChI is InChI=1S/C42H44O8/c1-3-5-6-7-13-16-31-46-36-23-19-34(20-24-36)41(44)49-38-27-29-39(30-28-38)50-42(45)35-21-25-37(26-22-35)47-32-17-14-11-9-8-10-12-15-18-33-48-40(43)4-2/h1,4,21-22,25-30,34,36H,2,8-12,14-15,17-20,23-24,32-33H2. The topological polar surface area (TPSA) is 97.4 Å². The molecule has 0 radical (unpaired) electrons. The third kappa shape index (κ3) is 16.0. The fraction of sp³-hybridized carbons (Fsp3) is 0.405. The Hall–Kier alpha value is -5.57. The van der Waals surface area contributed by atoms with Crippen LogP contribution in [0.2, 0.25) is 0 Å². The van der Waals surface area contributed by atoms with E-state index in [1.165, 1.54) is 31.8 Å². The Morgan fingerprint density at radius 3 is 1.84 bits per heavy atom. The highest BCUT2D eigenvalue weighted by molar-refractivity contribution is 5.91. The maximum atomic E-state index is 12.7. The van der Waals surface area contributed by atoms with Crippen LogP contribution in [0.5, 0.6) is 17.2 Å². The van der Waals surface area contributed by atoms with Gasteiger partial charge in [-0.25, -0.2) is 9.59 Å². The Morgan fingerprint density at radius 2 is 1.22 bits per heavy atom. The van der Waals surface area contributed by atoms with Crippen molar-refractivity contribution in [2.24, 2.45) is 5.92 Å². The molecular weight excluding hydrogens is 632 g/mol. The molecule has 1 aliphatic carbocycles. The zero-order chi connectivity index (χ0) is 35.7. The molecule has 2 aromatic carbocycles. The van der Waals surface area contributed by atoms with Crippen molar-refractivity contribution in [1.82, 2.24) is 0 Å². The molecule has 260 valence electrons. The summed E-state index contributed by atoms with van der Waals surface area (Å²) in [4.78, 5) is 36.3. The van der Waals surface area contributed by atoms with Crippen molar-refractivity contribution in [3.63, 3.8) is 0 Å². The van der Waals surface area contributed by atoms with Crippen LogP contribution in [0.4, 0.5) is 0 Å². The van der Waals surface area contributed by atoms with Gasteiger partial charge in [-0.1, -0.05) is 51.5 Å². The van der Waals surface area contributed by atoms with Gasteiger partial charge >= 0.3 is 17.9 Å². The number of benzene rings is 2. The lowest BCUT2D eigenvalue weighted by molar-refractivity contribution is -0.140. The zero-order valence-corrected chi connectivity index (χ0v) is 28.5. The number of terminal acetylenes is 1. The highest BCUT2D eigenvalue weighted by Gasteiger charge is 2.28. The molecule has 8 heteroatoms. The second-order valence-electron chi connectivity index (χ2n) is 11.7. The average Bonchev–Trinajstić information content (AvgIpc) is 3.14. The van der Waals surface area contributed by atoms with Crippen molar-refractivity contribution in [1.29, 1.82) is 0 Å². The number of carbonyl (C=O) groups excluding carboxylic acids is 3. The van der Waals surface area contributed by atoms with Crippen molar-refractivity contribution >= 4 is 17.9 Å². The van der Waals surface area contributed by atoms with E-state index in [1.807, 2.05) is 0 Å². The van der Waals surface area contributed by atoms with Crippen LogP contribution in [0.1, 0.15) is 93.8 Å². The molecule has 1 fully saturated rings. The molecule has 0 aromatic heterocycles. The maximum absolute atomic E-state index is 12.7. The molecule has 2 aromatic rings. The summed E-state index contributed by atoms with van der Waals surface area (Å²) in [5.41, 5.74) is 0.401. The van der Waals surface area contributed by atoms with Crippen LogP contribution in [0.15, 0.2) is 61.2 Å². The van der Waals surface area contributed by atoms with E-state index < -0.39 is 5.97 Å². The summed E-state index contributed by atoms with van der Waals surface area (Å²) in [6.07, 6.45) is 21.3. The molecule has 0 atom stereocenters. The van der Waals surface area contributed by atoms with Gasteiger partial charge < -0.3 is 23.7 Å². The highest BCUT2D eigenvalue weighted by Crippen LogP contribution is 2.28. The molecule has 0 bridgehead atoms. The van der Waals surface area contributed by atoms with Gasteiger partial charge in [0.05, 0.1) is 24.7 Å². The van der Waals surface area contributed by atoms with E-state index in [1.54, 1.807) is 48.5 Å². The number of ether oxygens (including phenoxy) is 5. The second-order valence-corrected chi connectivity index (χ2v) is 11.7. The Morgan fingerprint density at radius 1 is 0.680 bits per heavy atom. The molecule has 0 heterocycles. The van der Waals surface area contributed by atoms with Gasteiger partial charge in [0.15, 0.2) is 0 Å². The fourth-order valence-corrected chi connectivity index (χ4v) is 5.18. The lowest BCUT2D eigenvalue weighted by Crippen LogP contribution is -2.28. The minimum absolute atomic E-state index is 0.0639. The number of esters is 3. The van der Waals surface area contributed by atoms with Crippen molar-refractivity contribution in [2.45, 2.75) is 89.6 Å². The van der Waals surface area contributed by atoms with Crippen LogP contribution in [0, 0.1) is 54.0 Å². The third-order valence-electron chi connectivity index (χ3n) is 7.92. The molecule has 1 saturated carbocycles. The normalized spacial score (nSPS) is 14.4. The van der Waals surface area contributed by atoms with E-state index >= 15 is 0 Å². The monoisotopic (exact) mass is 676 g/mol. The Bertz CT molecular complexity index is 1610. The van der Waals surface area contributed by atoms with Crippen LogP contribution >= 0.6 is 0 Å². The Kier molecular flexibility index (Phi) is 18.4. The highest BCUT2D eigenvalue weighted by atomic mass is 16.5. The van der Waals surface area contributed by atoms with E-state index in [4.69, 9.17) is 30.1 Å². The minimum atomic E-state index is -0.495. The van der Waals surface area contributed by atoms with Crippen LogP contribution in [-0.2, 0) is 19.1 Å². The molecule has 0 aliphatic heterocycles. The van der Waals surface area contributed by atoms with Gasteiger partial charge in [0.25, 0.3) is 0 Å². The molecule has 0 spiro atoms. The maximum Gasteiger partial charge on any atom is 0.343 e. The van der Waals surface area contributed by atoms with Crippen LogP contribution < -0.4 is 14.2 Å². The van der Waals surface area contributed by atoms with Gasteiger partial charge in [-0.05, 0) is 105 Å². The number of hydrogen-bond acceptors (Lipinski definition) is 8.